The highest BCUT2D eigenvalue weighted by Crippen LogP contribution is 2.35. The van der Waals surface area contributed by atoms with Gasteiger partial charge in [-0.05, 0) is 80.7 Å². The molecule has 1 fully saturated rings. The van der Waals surface area contributed by atoms with Crippen LogP contribution in [0.3, 0.4) is 0 Å². The van der Waals surface area contributed by atoms with Crippen LogP contribution in [0.15, 0.2) is 72.6 Å². The van der Waals surface area contributed by atoms with E-state index in [0.29, 0.717) is 18.8 Å². The van der Waals surface area contributed by atoms with Crippen LogP contribution in [0, 0.1) is 11.8 Å². The number of rotatable bonds is 5. The number of hydrogen-bond donors (Lipinski definition) is 2. The van der Waals surface area contributed by atoms with Crippen LogP contribution in [0.4, 0.5) is 11.4 Å². The van der Waals surface area contributed by atoms with Gasteiger partial charge in [-0.25, -0.2) is 4.68 Å². The molecule has 0 radical (unpaired) electrons. The normalized spacial score (nSPS) is 22.1. The Bertz CT molecular complexity index is 1820. The molecule has 4 aromatic rings. The Morgan fingerprint density at radius 1 is 1.04 bits per heavy atom. The molecule has 1 saturated carbocycles. The molecule has 2 aromatic heterocycles. The lowest BCUT2D eigenvalue weighted by Crippen LogP contribution is -2.23. The Balaban J connectivity index is 1.08. The zero-order chi connectivity index (χ0) is 31.6. The molecular weight excluding hydrogens is 572 g/mol. The number of nitrogens with zero attached hydrogens (tertiary/aromatic N) is 4. The molecule has 8 nitrogen and oxygen atoms in total. The highest BCUT2D eigenvalue weighted by molar-refractivity contribution is 5.97. The number of amides is 1. The van der Waals surface area contributed by atoms with Gasteiger partial charge in [0.05, 0.1) is 23.1 Å². The Hall–Kier alpha value is -4.46. The van der Waals surface area contributed by atoms with Gasteiger partial charge >= 0.3 is 0 Å². The van der Waals surface area contributed by atoms with Gasteiger partial charge in [0.15, 0.2) is 0 Å². The summed E-state index contributed by atoms with van der Waals surface area (Å²) in [7, 11) is 1.95. The van der Waals surface area contributed by atoms with Crippen LogP contribution in [-0.4, -0.2) is 37.4 Å². The molecule has 1 aliphatic heterocycles. The van der Waals surface area contributed by atoms with E-state index in [9.17, 15) is 9.59 Å². The topological polar surface area (TPSA) is 93.8 Å². The van der Waals surface area contributed by atoms with Crippen molar-refractivity contribution < 1.29 is 9.59 Å². The predicted octanol–water partition coefficient (Wildman–Crippen LogP) is 8.06. The van der Waals surface area contributed by atoms with E-state index >= 15 is 0 Å². The Kier molecular flexibility index (Phi) is 8.61. The number of aromatic nitrogens is 4. The van der Waals surface area contributed by atoms with Crippen LogP contribution >= 0.6 is 0 Å². The Morgan fingerprint density at radius 2 is 1.85 bits per heavy atom. The molecule has 46 heavy (non-hydrogen) atoms. The summed E-state index contributed by atoms with van der Waals surface area (Å²) in [4.78, 5) is 26.0. The molecule has 8 heteroatoms. The van der Waals surface area contributed by atoms with Crippen LogP contribution < -0.4 is 10.6 Å². The zero-order valence-electron chi connectivity index (χ0n) is 27.0. The summed E-state index contributed by atoms with van der Waals surface area (Å²) in [5, 5.41) is 17.1. The minimum absolute atomic E-state index is 0.00542. The standard InChI is InChI=1S/C38H44N6O2/c1-25-20-35(45)41-33-17-9-16-30(37(33)40-25)21-26-18-19-34-32(22-26)36(42-43(34)2)31-23-39-44(24-31)38(46)29-14-7-5-12-28(13-6-8-15-29)27-10-3-4-11-27/h3-4,9-10,16-19,22-25,28-29,40H,5-8,11-15,20-21H2,1-2H3,(H,41,45)/t25-,28?,29?/m1/s1. The number of aryl methyl sites for hydroxylation is 1. The van der Waals surface area contributed by atoms with Crippen molar-refractivity contribution in [3.05, 3.63) is 83.7 Å². The molecule has 2 aromatic carbocycles. The first-order valence-electron chi connectivity index (χ1n) is 17.0. The average molecular weight is 617 g/mol. The van der Waals surface area contributed by atoms with E-state index in [-0.39, 0.29) is 23.8 Å². The van der Waals surface area contributed by atoms with Gasteiger partial charge in [0.25, 0.3) is 0 Å². The minimum Gasteiger partial charge on any atom is -0.380 e. The number of allylic oxidation sites excluding steroid dienone is 4. The average Bonchev–Trinajstić information content (AvgIpc) is 3.80. The van der Waals surface area contributed by atoms with Crippen molar-refractivity contribution in [3.63, 3.8) is 0 Å². The van der Waals surface area contributed by atoms with E-state index < -0.39 is 0 Å². The molecular formula is C38H44N6O2. The van der Waals surface area contributed by atoms with Crippen molar-refractivity contribution in [2.24, 2.45) is 18.9 Å². The molecule has 0 saturated heterocycles. The Labute approximate surface area is 270 Å². The molecule has 2 N–H and O–H groups in total. The number of carbonyl (C=O) groups excluding carboxylic acids is 2. The third kappa shape index (κ3) is 6.30. The highest BCUT2D eigenvalue weighted by Gasteiger charge is 2.25. The fourth-order valence-electron chi connectivity index (χ4n) is 7.64. The molecule has 2 aliphatic carbocycles. The summed E-state index contributed by atoms with van der Waals surface area (Å²) in [5.41, 5.74) is 8.39. The SMILES string of the molecule is C[C@@H]1CC(=O)Nc2cccc(Cc3ccc4c(c3)c(-c3cnn(C(=O)C5CCCCC(C6=CC=CC6)CCCC5)c3)nn4C)c2N1. The molecule has 0 unspecified atom stereocenters. The van der Waals surface area contributed by atoms with Crippen molar-refractivity contribution in [1.29, 1.82) is 0 Å². The van der Waals surface area contributed by atoms with Crippen LogP contribution in [0.2, 0.25) is 0 Å². The van der Waals surface area contributed by atoms with Gasteiger partial charge in [-0.1, -0.05) is 67.7 Å². The number of anilines is 2. The molecule has 3 aliphatic rings. The lowest BCUT2D eigenvalue weighted by atomic mass is 9.84. The maximum atomic E-state index is 13.7. The van der Waals surface area contributed by atoms with Gasteiger partial charge in [0.2, 0.25) is 11.8 Å². The predicted molar refractivity (Wildman–Crippen MR) is 184 cm³/mol. The van der Waals surface area contributed by atoms with Gasteiger partial charge < -0.3 is 10.6 Å². The smallest absolute Gasteiger partial charge is 0.249 e. The van der Waals surface area contributed by atoms with Crippen molar-refractivity contribution in [2.75, 3.05) is 10.6 Å². The van der Waals surface area contributed by atoms with Gasteiger partial charge in [0, 0.05) is 42.6 Å². The summed E-state index contributed by atoms with van der Waals surface area (Å²) in [6.07, 6.45) is 21.5. The lowest BCUT2D eigenvalue weighted by molar-refractivity contribution is -0.116. The third-order valence-electron chi connectivity index (χ3n) is 10.1. The maximum absolute atomic E-state index is 13.7. The first-order valence-corrected chi connectivity index (χ1v) is 17.0. The summed E-state index contributed by atoms with van der Waals surface area (Å²) in [6.45, 7) is 2.03. The van der Waals surface area contributed by atoms with Gasteiger partial charge in [-0.3, -0.25) is 14.3 Å². The summed E-state index contributed by atoms with van der Waals surface area (Å²) < 4.78 is 3.46. The van der Waals surface area contributed by atoms with Crippen LogP contribution in [0.1, 0.15) is 87.1 Å². The lowest BCUT2D eigenvalue weighted by Gasteiger charge is -2.22. The van der Waals surface area contributed by atoms with Crippen LogP contribution in [0.5, 0.6) is 0 Å². The first kappa shape index (κ1) is 30.2. The summed E-state index contributed by atoms with van der Waals surface area (Å²) in [5.74, 6) is 0.840. The van der Waals surface area contributed by atoms with Crippen molar-refractivity contribution in [2.45, 2.75) is 83.6 Å². The number of fused-ring (bicyclic) bond motifs is 2. The van der Waals surface area contributed by atoms with E-state index in [1.165, 1.54) is 25.7 Å². The van der Waals surface area contributed by atoms with Gasteiger partial charge in [0.1, 0.15) is 5.69 Å². The quantitative estimate of drug-likeness (QED) is 0.237. The minimum atomic E-state index is 0.00542. The maximum Gasteiger partial charge on any atom is 0.249 e. The van der Waals surface area contributed by atoms with E-state index in [1.807, 2.05) is 37.0 Å². The van der Waals surface area contributed by atoms with E-state index in [1.54, 1.807) is 16.5 Å². The van der Waals surface area contributed by atoms with Crippen LogP contribution in [-0.2, 0) is 18.3 Å². The van der Waals surface area contributed by atoms with E-state index in [2.05, 4.69) is 58.2 Å². The molecule has 0 spiro atoms. The number of carbonyl (C=O) groups is 2. The largest absolute Gasteiger partial charge is 0.380 e. The number of nitrogens with one attached hydrogen (secondary N) is 2. The molecule has 3 heterocycles. The molecule has 0 bridgehead atoms. The summed E-state index contributed by atoms with van der Waals surface area (Å²) >= 11 is 0. The number of para-hydroxylation sites is 1. The van der Waals surface area contributed by atoms with Crippen molar-refractivity contribution in [3.8, 4) is 11.3 Å². The number of benzene rings is 2. The first-order chi connectivity index (χ1) is 22.4. The second-order valence-electron chi connectivity index (χ2n) is 13.5. The highest BCUT2D eigenvalue weighted by atomic mass is 16.2. The van der Waals surface area contributed by atoms with Gasteiger partial charge in [-0.2, -0.15) is 10.2 Å². The third-order valence-corrected chi connectivity index (χ3v) is 10.1. The molecule has 1 atom stereocenters. The van der Waals surface area contributed by atoms with Crippen molar-refractivity contribution in [1.82, 2.24) is 19.6 Å². The fraction of sp³-hybridized carbons (Fsp3) is 0.421. The second kappa shape index (κ2) is 13.1. The van der Waals surface area contributed by atoms with E-state index in [0.717, 1.165) is 76.8 Å². The second-order valence-corrected chi connectivity index (χ2v) is 13.5. The fourth-order valence-corrected chi connectivity index (χ4v) is 7.64. The van der Waals surface area contributed by atoms with Crippen molar-refractivity contribution >= 4 is 34.1 Å². The molecule has 238 valence electrons. The van der Waals surface area contributed by atoms with Crippen LogP contribution in [0.25, 0.3) is 22.2 Å². The molecule has 1 amide bonds. The van der Waals surface area contributed by atoms with E-state index in [4.69, 9.17) is 5.10 Å². The van der Waals surface area contributed by atoms with Gasteiger partial charge in [-0.15, -0.1) is 0 Å². The number of hydrogen-bond acceptors (Lipinski definition) is 5. The Morgan fingerprint density at radius 3 is 2.63 bits per heavy atom. The molecule has 7 rings (SSSR count). The zero-order valence-corrected chi connectivity index (χ0v) is 27.0. The summed E-state index contributed by atoms with van der Waals surface area (Å²) in [6, 6.07) is 12.6. The monoisotopic (exact) mass is 616 g/mol.